The summed E-state index contributed by atoms with van der Waals surface area (Å²) in [4.78, 5) is 31.8. The number of carbonyl (C=O) groups is 2. The Morgan fingerprint density at radius 2 is 1.63 bits per heavy atom. The number of nitrogens with zero attached hydrogens (tertiary/aromatic N) is 2. The van der Waals surface area contributed by atoms with Crippen LogP contribution >= 0.6 is 0 Å². The molecule has 2 heterocycles. The number of rotatable bonds is 12. The van der Waals surface area contributed by atoms with Crippen molar-refractivity contribution in [3.63, 3.8) is 0 Å². The Morgan fingerprint density at radius 3 is 2.42 bits per heavy atom. The maximum atomic E-state index is 13.2. The minimum Gasteiger partial charge on any atom is -0.493 e. The van der Waals surface area contributed by atoms with Crippen LogP contribution in [0.5, 0.6) is 5.75 Å². The third-order valence-corrected chi connectivity index (χ3v) is 7.22. The molecule has 3 amide bonds. The third-order valence-electron chi connectivity index (χ3n) is 7.22. The lowest BCUT2D eigenvalue weighted by Gasteiger charge is -2.26. The van der Waals surface area contributed by atoms with Crippen molar-refractivity contribution < 1.29 is 19.1 Å². The Balaban J connectivity index is 1.13. The largest absolute Gasteiger partial charge is 0.493 e. The van der Waals surface area contributed by atoms with Crippen LogP contribution in [0.15, 0.2) is 97.3 Å². The molecule has 1 saturated heterocycles. The minimum atomic E-state index is -0.291. The number of amides is 3. The molecule has 1 fully saturated rings. The SMILES string of the molecule is O=C(NCc1cccnc1)Nc1ccc(OCCc2ccccc2-c2ccccc2C(=O)NCCN2CCOCC2)cc1. The van der Waals surface area contributed by atoms with Crippen LogP contribution in [0.2, 0.25) is 0 Å². The van der Waals surface area contributed by atoms with Gasteiger partial charge in [-0.05, 0) is 58.7 Å². The highest BCUT2D eigenvalue weighted by molar-refractivity contribution is 6.01. The Hall–Kier alpha value is -4.73. The molecule has 1 aromatic heterocycles. The Kier molecular flexibility index (Phi) is 10.7. The number of benzene rings is 3. The summed E-state index contributed by atoms with van der Waals surface area (Å²) in [5, 5.41) is 8.73. The van der Waals surface area contributed by atoms with Crippen molar-refractivity contribution in [3.05, 3.63) is 114 Å². The van der Waals surface area contributed by atoms with Gasteiger partial charge >= 0.3 is 6.03 Å². The highest BCUT2D eigenvalue weighted by Crippen LogP contribution is 2.28. The van der Waals surface area contributed by atoms with Crippen LogP contribution in [0, 0.1) is 0 Å². The standard InChI is InChI=1S/C34H37N5O4/c40-33(36-17-18-39-19-22-42-23-20-39)32-10-4-3-9-31(32)30-8-2-1-7-27(30)15-21-43-29-13-11-28(12-14-29)38-34(41)37-25-26-6-5-16-35-24-26/h1-14,16,24H,15,17-23,25H2,(H,36,40)(H2,37,38,41). The van der Waals surface area contributed by atoms with Crippen molar-refractivity contribution in [1.29, 1.82) is 0 Å². The fourth-order valence-electron chi connectivity index (χ4n) is 4.94. The Labute approximate surface area is 252 Å². The van der Waals surface area contributed by atoms with E-state index >= 15 is 0 Å². The Bertz CT molecular complexity index is 1470. The number of nitrogens with one attached hydrogen (secondary N) is 3. The number of hydrogen-bond donors (Lipinski definition) is 3. The number of aromatic nitrogens is 1. The fourth-order valence-corrected chi connectivity index (χ4v) is 4.94. The predicted octanol–water partition coefficient (Wildman–Crippen LogP) is 4.75. The normalized spacial score (nSPS) is 13.2. The second-order valence-electron chi connectivity index (χ2n) is 10.2. The molecule has 43 heavy (non-hydrogen) atoms. The summed E-state index contributed by atoms with van der Waals surface area (Å²) < 4.78 is 11.4. The summed E-state index contributed by atoms with van der Waals surface area (Å²) in [5.41, 5.74) is 5.27. The molecule has 4 aromatic rings. The molecule has 0 saturated carbocycles. The molecular formula is C34H37N5O4. The molecule has 9 nitrogen and oxygen atoms in total. The first-order valence-corrected chi connectivity index (χ1v) is 14.6. The zero-order valence-corrected chi connectivity index (χ0v) is 24.1. The van der Waals surface area contributed by atoms with E-state index in [0.717, 1.165) is 55.1 Å². The second-order valence-corrected chi connectivity index (χ2v) is 10.2. The highest BCUT2D eigenvalue weighted by atomic mass is 16.5. The minimum absolute atomic E-state index is 0.0747. The van der Waals surface area contributed by atoms with Crippen molar-refractivity contribution in [2.24, 2.45) is 0 Å². The zero-order valence-electron chi connectivity index (χ0n) is 24.1. The summed E-state index contributed by atoms with van der Waals surface area (Å²) in [6.45, 7) is 5.53. The maximum Gasteiger partial charge on any atom is 0.319 e. The topological polar surface area (TPSA) is 105 Å². The first-order chi connectivity index (χ1) is 21.2. The van der Waals surface area contributed by atoms with E-state index < -0.39 is 0 Å². The highest BCUT2D eigenvalue weighted by Gasteiger charge is 2.16. The molecule has 0 aliphatic carbocycles. The van der Waals surface area contributed by atoms with E-state index in [1.807, 2.05) is 60.7 Å². The van der Waals surface area contributed by atoms with Gasteiger partial charge in [0.25, 0.3) is 5.91 Å². The summed E-state index contributed by atoms with van der Waals surface area (Å²) in [5.74, 6) is 0.633. The van der Waals surface area contributed by atoms with E-state index in [1.165, 1.54) is 0 Å². The van der Waals surface area contributed by atoms with Gasteiger partial charge in [0.05, 0.1) is 19.8 Å². The van der Waals surface area contributed by atoms with Gasteiger partial charge in [0.2, 0.25) is 0 Å². The number of anilines is 1. The van der Waals surface area contributed by atoms with Gasteiger partial charge in [0.1, 0.15) is 5.75 Å². The van der Waals surface area contributed by atoms with E-state index in [1.54, 1.807) is 24.5 Å². The molecule has 3 N–H and O–H groups in total. The number of hydrogen-bond acceptors (Lipinski definition) is 6. The average Bonchev–Trinajstić information content (AvgIpc) is 3.06. The Morgan fingerprint density at radius 1 is 0.860 bits per heavy atom. The van der Waals surface area contributed by atoms with E-state index in [-0.39, 0.29) is 11.9 Å². The average molecular weight is 580 g/mol. The first kappa shape index (κ1) is 29.8. The maximum absolute atomic E-state index is 13.2. The van der Waals surface area contributed by atoms with Crippen LogP contribution in [0.4, 0.5) is 10.5 Å². The lowest BCUT2D eigenvalue weighted by atomic mass is 9.94. The molecule has 1 aliphatic rings. The monoisotopic (exact) mass is 579 g/mol. The van der Waals surface area contributed by atoms with E-state index in [2.05, 4.69) is 38.0 Å². The lowest BCUT2D eigenvalue weighted by Crippen LogP contribution is -2.41. The van der Waals surface area contributed by atoms with Gasteiger partial charge in [0, 0.05) is 62.8 Å². The van der Waals surface area contributed by atoms with Gasteiger partial charge < -0.3 is 25.4 Å². The lowest BCUT2D eigenvalue weighted by molar-refractivity contribution is 0.0383. The second kappa shape index (κ2) is 15.5. The number of urea groups is 1. The van der Waals surface area contributed by atoms with Crippen LogP contribution in [-0.2, 0) is 17.7 Å². The fraction of sp³-hybridized carbons (Fsp3) is 0.265. The molecule has 3 aromatic carbocycles. The first-order valence-electron chi connectivity index (χ1n) is 14.6. The van der Waals surface area contributed by atoms with Gasteiger partial charge in [-0.3, -0.25) is 14.7 Å². The number of carbonyl (C=O) groups excluding carboxylic acids is 2. The van der Waals surface area contributed by atoms with Crippen LogP contribution in [0.25, 0.3) is 11.1 Å². The van der Waals surface area contributed by atoms with Crippen LogP contribution < -0.4 is 20.7 Å². The van der Waals surface area contributed by atoms with Crippen molar-refractivity contribution in [1.82, 2.24) is 20.5 Å². The van der Waals surface area contributed by atoms with Crippen molar-refractivity contribution >= 4 is 17.6 Å². The van der Waals surface area contributed by atoms with Gasteiger partial charge in [-0.25, -0.2) is 4.79 Å². The molecule has 222 valence electrons. The summed E-state index contributed by atoms with van der Waals surface area (Å²) in [7, 11) is 0. The molecule has 1 aliphatic heterocycles. The zero-order chi connectivity index (χ0) is 29.7. The van der Waals surface area contributed by atoms with Crippen molar-refractivity contribution in [2.45, 2.75) is 13.0 Å². The molecule has 0 radical (unpaired) electrons. The number of pyridine rings is 1. The molecule has 0 atom stereocenters. The van der Waals surface area contributed by atoms with Gasteiger partial charge in [-0.1, -0.05) is 48.5 Å². The summed E-state index contributed by atoms with van der Waals surface area (Å²) in [6, 6.07) is 26.6. The van der Waals surface area contributed by atoms with Crippen LogP contribution in [0.1, 0.15) is 21.5 Å². The van der Waals surface area contributed by atoms with Gasteiger partial charge in [0.15, 0.2) is 0 Å². The molecule has 0 unspecified atom stereocenters. The van der Waals surface area contributed by atoms with Crippen LogP contribution in [0.3, 0.4) is 0 Å². The van der Waals surface area contributed by atoms with Gasteiger partial charge in [-0.2, -0.15) is 0 Å². The third kappa shape index (κ3) is 8.88. The molecule has 0 spiro atoms. The van der Waals surface area contributed by atoms with E-state index in [0.29, 0.717) is 43.1 Å². The number of morpholine rings is 1. The van der Waals surface area contributed by atoms with Crippen molar-refractivity contribution in [2.75, 3.05) is 51.3 Å². The predicted molar refractivity (Wildman–Crippen MR) is 167 cm³/mol. The van der Waals surface area contributed by atoms with E-state index in [9.17, 15) is 9.59 Å². The number of ether oxygens (including phenoxy) is 2. The quantitative estimate of drug-likeness (QED) is 0.224. The summed E-state index contributed by atoms with van der Waals surface area (Å²) in [6.07, 6.45) is 4.08. The smallest absolute Gasteiger partial charge is 0.319 e. The molecular weight excluding hydrogens is 542 g/mol. The molecule has 9 heteroatoms. The van der Waals surface area contributed by atoms with Gasteiger partial charge in [-0.15, -0.1) is 0 Å². The van der Waals surface area contributed by atoms with E-state index in [4.69, 9.17) is 9.47 Å². The van der Waals surface area contributed by atoms with Crippen molar-refractivity contribution in [3.8, 4) is 16.9 Å². The molecule has 0 bridgehead atoms. The van der Waals surface area contributed by atoms with Crippen LogP contribution in [-0.4, -0.2) is 67.8 Å². The summed E-state index contributed by atoms with van der Waals surface area (Å²) >= 11 is 0. The molecule has 5 rings (SSSR count).